The summed E-state index contributed by atoms with van der Waals surface area (Å²) in [5.74, 6) is -0.134. The maximum atomic E-state index is 10.8. The summed E-state index contributed by atoms with van der Waals surface area (Å²) in [5.41, 5.74) is 7.03. The number of ether oxygens (including phenoxy) is 2. The molecule has 0 aliphatic heterocycles. The smallest absolute Gasteiger partial charge is 0.305 e. The van der Waals surface area contributed by atoms with Gasteiger partial charge in [-0.25, -0.2) is 4.98 Å². The van der Waals surface area contributed by atoms with Gasteiger partial charge in [-0.1, -0.05) is 63.2 Å². The van der Waals surface area contributed by atoms with Gasteiger partial charge in [0.1, 0.15) is 5.75 Å². The monoisotopic (exact) mass is 496 g/mol. The zero-order chi connectivity index (χ0) is 27.1. The SMILES string of the molecule is CCC(=O)OC(C)CC(C)C.COc1ccnc(C(N)=O)c1O.Oc1ccc(-c2ccccc2)cc1. The Morgan fingerprint density at radius 3 is 2.03 bits per heavy atom. The van der Waals surface area contributed by atoms with E-state index in [1.165, 1.54) is 24.9 Å². The van der Waals surface area contributed by atoms with Crippen molar-refractivity contribution in [2.45, 2.75) is 46.6 Å². The minimum Gasteiger partial charge on any atom is -0.508 e. The van der Waals surface area contributed by atoms with Crippen LogP contribution in [0.4, 0.5) is 0 Å². The van der Waals surface area contributed by atoms with E-state index in [9.17, 15) is 14.7 Å². The van der Waals surface area contributed by atoms with Crippen molar-refractivity contribution in [1.82, 2.24) is 4.98 Å². The molecule has 4 N–H and O–H groups in total. The average molecular weight is 497 g/mol. The molecule has 1 heterocycles. The Morgan fingerprint density at radius 2 is 1.53 bits per heavy atom. The highest BCUT2D eigenvalue weighted by Gasteiger charge is 2.12. The van der Waals surface area contributed by atoms with Crippen LogP contribution >= 0.6 is 0 Å². The first kappa shape index (κ1) is 30.0. The van der Waals surface area contributed by atoms with E-state index in [0.717, 1.165) is 12.0 Å². The molecule has 1 amide bonds. The third-order valence-electron chi connectivity index (χ3n) is 4.74. The Morgan fingerprint density at radius 1 is 0.944 bits per heavy atom. The Balaban J connectivity index is 0.000000272. The predicted molar refractivity (Wildman–Crippen MR) is 140 cm³/mol. The minimum absolute atomic E-state index is 0.0717. The number of carbonyl (C=O) groups excluding carboxylic acids is 2. The molecular weight excluding hydrogens is 460 g/mol. The third-order valence-corrected chi connectivity index (χ3v) is 4.74. The summed E-state index contributed by atoms with van der Waals surface area (Å²) in [7, 11) is 1.37. The number of benzene rings is 2. The van der Waals surface area contributed by atoms with Gasteiger partial charge in [0.2, 0.25) is 0 Å². The van der Waals surface area contributed by atoms with Gasteiger partial charge in [-0.15, -0.1) is 0 Å². The zero-order valence-corrected chi connectivity index (χ0v) is 21.5. The van der Waals surface area contributed by atoms with E-state index in [4.69, 9.17) is 20.3 Å². The summed E-state index contributed by atoms with van der Waals surface area (Å²) in [6.45, 7) is 7.99. The molecule has 3 rings (SSSR count). The highest BCUT2D eigenvalue weighted by atomic mass is 16.5. The number of hydrogen-bond acceptors (Lipinski definition) is 7. The number of primary amides is 1. The summed E-state index contributed by atoms with van der Waals surface area (Å²) in [6.07, 6.45) is 2.83. The minimum atomic E-state index is -0.786. The van der Waals surface area contributed by atoms with Crippen LogP contribution in [0.15, 0.2) is 66.9 Å². The van der Waals surface area contributed by atoms with Gasteiger partial charge in [0.15, 0.2) is 17.2 Å². The number of methoxy groups -OCH3 is 1. The first-order valence-corrected chi connectivity index (χ1v) is 11.6. The van der Waals surface area contributed by atoms with Crippen molar-refractivity contribution >= 4 is 11.9 Å². The molecule has 0 aliphatic rings. The second-order valence-electron chi connectivity index (χ2n) is 8.27. The van der Waals surface area contributed by atoms with E-state index in [0.29, 0.717) is 18.1 Å². The maximum absolute atomic E-state index is 10.8. The van der Waals surface area contributed by atoms with Crippen molar-refractivity contribution in [2.24, 2.45) is 11.7 Å². The van der Waals surface area contributed by atoms with Crippen LogP contribution in [0.5, 0.6) is 17.2 Å². The summed E-state index contributed by atoms with van der Waals surface area (Å²) in [6, 6.07) is 18.7. The van der Waals surface area contributed by atoms with Gasteiger partial charge in [0.05, 0.1) is 13.2 Å². The molecule has 0 saturated carbocycles. The first-order valence-electron chi connectivity index (χ1n) is 11.6. The van der Waals surface area contributed by atoms with Crippen LogP contribution in [0.3, 0.4) is 0 Å². The van der Waals surface area contributed by atoms with Gasteiger partial charge in [0, 0.05) is 18.7 Å². The normalized spacial score (nSPS) is 10.7. The molecule has 0 radical (unpaired) electrons. The molecule has 8 heteroatoms. The number of amides is 1. The fraction of sp³-hybridized carbons (Fsp3) is 0.321. The van der Waals surface area contributed by atoms with E-state index >= 15 is 0 Å². The molecule has 0 aliphatic carbocycles. The molecule has 1 aromatic heterocycles. The molecule has 2 aromatic carbocycles. The molecule has 36 heavy (non-hydrogen) atoms. The number of esters is 1. The highest BCUT2D eigenvalue weighted by molar-refractivity contribution is 5.94. The lowest BCUT2D eigenvalue weighted by molar-refractivity contribution is -0.148. The average Bonchev–Trinajstić information content (AvgIpc) is 2.85. The molecule has 8 nitrogen and oxygen atoms in total. The quantitative estimate of drug-likeness (QED) is 0.377. The summed E-state index contributed by atoms with van der Waals surface area (Å²) in [4.78, 5) is 25.0. The second kappa shape index (κ2) is 15.8. The van der Waals surface area contributed by atoms with Crippen LogP contribution in [0.1, 0.15) is 51.0 Å². The van der Waals surface area contributed by atoms with E-state index in [1.807, 2.05) is 56.3 Å². The maximum Gasteiger partial charge on any atom is 0.305 e. The number of hydrogen-bond donors (Lipinski definition) is 3. The Bertz CT molecular complexity index is 1070. The number of nitrogens with two attached hydrogens (primary N) is 1. The first-order chi connectivity index (χ1) is 17.1. The molecule has 0 saturated heterocycles. The molecular formula is C28H36N2O6. The predicted octanol–water partition coefficient (Wildman–Crippen LogP) is 5.33. The standard InChI is InChI=1S/C12H10O.C9H18O2.C7H8N2O3/c13-12-8-6-11(7-9-12)10-4-2-1-3-5-10;1-5-9(10)11-8(4)6-7(2)3;1-12-4-2-3-9-5(6(4)10)7(8)11/h1-9,13H;7-8H,5-6H2,1-4H3;2-3,10H,1H3,(H2,8,11). The molecule has 1 atom stereocenters. The molecule has 1 unspecified atom stereocenters. The number of carbonyl (C=O) groups is 2. The largest absolute Gasteiger partial charge is 0.508 e. The van der Waals surface area contributed by atoms with Gasteiger partial charge < -0.3 is 25.4 Å². The van der Waals surface area contributed by atoms with Crippen LogP contribution < -0.4 is 10.5 Å². The number of phenols is 1. The Hall–Kier alpha value is -4.07. The highest BCUT2D eigenvalue weighted by Crippen LogP contribution is 2.26. The number of rotatable bonds is 7. The van der Waals surface area contributed by atoms with Crippen LogP contribution in [-0.2, 0) is 9.53 Å². The lowest BCUT2D eigenvalue weighted by Crippen LogP contribution is -2.15. The topological polar surface area (TPSA) is 132 Å². The van der Waals surface area contributed by atoms with E-state index < -0.39 is 5.91 Å². The van der Waals surface area contributed by atoms with Gasteiger partial charge in [-0.3, -0.25) is 9.59 Å². The van der Waals surface area contributed by atoms with Crippen molar-refractivity contribution in [2.75, 3.05) is 7.11 Å². The molecule has 0 spiro atoms. The molecule has 0 bridgehead atoms. The summed E-state index contributed by atoms with van der Waals surface area (Å²) in [5, 5.41) is 18.4. The second-order valence-corrected chi connectivity index (χ2v) is 8.27. The number of aromatic hydroxyl groups is 2. The number of nitrogens with zero attached hydrogens (tertiary/aromatic N) is 1. The van der Waals surface area contributed by atoms with Crippen molar-refractivity contribution < 1.29 is 29.3 Å². The summed E-state index contributed by atoms with van der Waals surface area (Å²) >= 11 is 0. The van der Waals surface area contributed by atoms with Gasteiger partial charge in [0.25, 0.3) is 5.91 Å². The fourth-order valence-corrected chi connectivity index (χ4v) is 3.09. The van der Waals surface area contributed by atoms with Gasteiger partial charge >= 0.3 is 5.97 Å². The van der Waals surface area contributed by atoms with Crippen LogP contribution in [0, 0.1) is 5.92 Å². The van der Waals surface area contributed by atoms with Gasteiger partial charge in [-0.2, -0.15) is 0 Å². The van der Waals surface area contributed by atoms with Gasteiger partial charge in [-0.05, 0) is 42.5 Å². The zero-order valence-electron chi connectivity index (χ0n) is 21.5. The van der Waals surface area contributed by atoms with E-state index in [-0.39, 0.29) is 29.3 Å². The Labute approximate surface area is 212 Å². The van der Waals surface area contributed by atoms with Crippen molar-refractivity contribution in [3.63, 3.8) is 0 Å². The fourth-order valence-electron chi connectivity index (χ4n) is 3.09. The molecule has 3 aromatic rings. The third kappa shape index (κ3) is 10.9. The van der Waals surface area contributed by atoms with Crippen molar-refractivity contribution in [3.05, 3.63) is 72.6 Å². The van der Waals surface area contributed by atoms with E-state index in [2.05, 4.69) is 18.8 Å². The Kier molecular flexibility index (Phi) is 13.1. The number of aromatic nitrogens is 1. The van der Waals surface area contributed by atoms with Crippen molar-refractivity contribution in [3.8, 4) is 28.4 Å². The van der Waals surface area contributed by atoms with Crippen LogP contribution in [-0.4, -0.2) is 40.3 Å². The summed E-state index contributed by atoms with van der Waals surface area (Å²) < 4.78 is 9.81. The number of pyridine rings is 1. The number of phenolic OH excluding ortho intramolecular Hbond substituents is 1. The molecule has 0 fully saturated rings. The van der Waals surface area contributed by atoms with E-state index in [1.54, 1.807) is 12.1 Å². The van der Waals surface area contributed by atoms with Crippen LogP contribution in [0.2, 0.25) is 0 Å². The van der Waals surface area contributed by atoms with Crippen LogP contribution in [0.25, 0.3) is 11.1 Å². The van der Waals surface area contributed by atoms with Crippen molar-refractivity contribution in [1.29, 1.82) is 0 Å². The molecule has 194 valence electrons. The lowest BCUT2D eigenvalue weighted by atomic mass is 10.1. The lowest BCUT2D eigenvalue weighted by Gasteiger charge is -2.14.